The second-order valence-corrected chi connectivity index (χ2v) is 10.5. The van der Waals surface area contributed by atoms with Gasteiger partial charge in [0.05, 0.1) is 20.1 Å². The number of carbonyl (C=O) groups is 3. The van der Waals surface area contributed by atoms with Crippen LogP contribution in [-0.4, -0.2) is 93.4 Å². The number of quaternary nitrogens is 1. The number of hydrogen-bond donors (Lipinski definition) is 3. The van der Waals surface area contributed by atoms with E-state index in [1.807, 2.05) is 0 Å². The number of aromatic nitrogens is 1. The van der Waals surface area contributed by atoms with Crippen LogP contribution >= 0.6 is 23.1 Å². The van der Waals surface area contributed by atoms with Crippen molar-refractivity contribution in [3.8, 4) is 12.3 Å². The fourth-order valence-corrected chi connectivity index (χ4v) is 6.35. The number of carboxylic acids is 1. The molecule has 0 aromatic carbocycles. The molecule has 180 valence electrons. The molecular weight excluding hydrogens is 480 g/mol. The third kappa shape index (κ3) is 4.61. The Bertz CT molecular complexity index is 1120. The van der Waals surface area contributed by atoms with Gasteiger partial charge in [-0.2, -0.15) is 0 Å². The number of aliphatic carboxylic acids is 1. The lowest BCUT2D eigenvalue weighted by atomic mass is 10.0. The zero-order valence-electron chi connectivity index (χ0n) is 18.5. The molecule has 4 N–H and O–H groups in total. The number of likely N-dealkylation sites (tertiary alicyclic amines) is 1. The number of likely N-dealkylation sites (N-methyl/N-ethyl adjacent to an activating group) is 1. The molecule has 2 saturated heterocycles. The molecule has 2 fully saturated rings. The Morgan fingerprint density at radius 2 is 2.21 bits per heavy atom. The van der Waals surface area contributed by atoms with Gasteiger partial charge in [0.25, 0.3) is 11.8 Å². The number of oxime groups is 1. The number of nitrogens with one attached hydrogen (secondary N) is 1. The van der Waals surface area contributed by atoms with Crippen molar-refractivity contribution in [1.82, 2.24) is 15.2 Å². The number of thiazole rings is 1. The van der Waals surface area contributed by atoms with Gasteiger partial charge >= 0.3 is 5.97 Å². The molecule has 11 nitrogen and oxygen atoms in total. The molecule has 0 saturated carbocycles. The van der Waals surface area contributed by atoms with Gasteiger partial charge in [0.1, 0.15) is 29.4 Å². The number of nitrogens with zero attached hydrogens (tertiary/aromatic N) is 4. The number of terminal acetylenes is 1. The number of nitrogen functional groups attached to an aromatic ring is 1. The van der Waals surface area contributed by atoms with Crippen LogP contribution in [0, 0.1) is 12.3 Å². The number of rotatable bonds is 8. The van der Waals surface area contributed by atoms with Crippen molar-refractivity contribution < 1.29 is 28.8 Å². The molecule has 3 aliphatic rings. The normalized spacial score (nSPS) is 23.7. The summed E-state index contributed by atoms with van der Waals surface area (Å²) in [5, 5.41) is 17.6. The van der Waals surface area contributed by atoms with E-state index < -0.39 is 29.2 Å². The minimum absolute atomic E-state index is 0.0315. The monoisotopic (exact) mass is 505 g/mol. The number of anilines is 1. The molecule has 3 aliphatic heterocycles. The number of carbonyl (C=O) groups excluding carboxylic acids is 2. The highest BCUT2D eigenvalue weighted by Gasteiger charge is 2.55. The highest BCUT2D eigenvalue weighted by atomic mass is 32.2. The van der Waals surface area contributed by atoms with Crippen LogP contribution in [0.1, 0.15) is 18.5 Å². The minimum Gasteiger partial charge on any atom is -0.477 e. The van der Waals surface area contributed by atoms with Crippen LogP contribution in [0.25, 0.3) is 0 Å². The Morgan fingerprint density at radius 1 is 1.47 bits per heavy atom. The predicted molar refractivity (Wildman–Crippen MR) is 128 cm³/mol. The molecule has 0 radical (unpaired) electrons. The maximum atomic E-state index is 13.0. The van der Waals surface area contributed by atoms with Gasteiger partial charge in [-0.1, -0.05) is 11.1 Å². The van der Waals surface area contributed by atoms with Crippen molar-refractivity contribution in [2.75, 3.05) is 44.8 Å². The zero-order chi connectivity index (χ0) is 24.5. The highest BCUT2D eigenvalue weighted by molar-refractivity contribution is 8.00. The number of β-lactam (4-membered cyclic amide) rings is 1. The minimum atomic E-state index is -1.13. The molecule has 34 heavy (non-hydrogen) atoms. The maximum absolute atomic E-state index is 13.0. The Labute approximate surface area is 204 Å². The average Bonchev–Trinajstić information content (AvgIpc) is 3.42. The van der Waals surface area contributed by atoms with Crippen LogP contribution in [0.5, 0.6) is 0 Å². The summed E-state index contributed by atoms with van der Waals surface area (Å²) in [5.41, 5.74) is 6.46. The van der Waals surface area contributed by atoms with Gasteiger partial charge in [0, 0.05) is 29.5 Å². The van der Waals surface area contributed by atoms with Crippen molar-refractivity contribution >= 4 is 51.7 Å². The van der Waals surface area contributed by atoms with Crippen molar-refractivity contribution in [3.63, 3.8) is 0 Å². The van der Waals surface area contributed by atoms with Crippen LogP contribution in [0.15, 0.2) is 21.8 Å². The molecule has 2 amide bonds. The largest absolute Gasteiger partial charge is 0.477 e. The van der Waals surface area contributed by atoms with E-state index in [2.05, 4.69) is 28.4 Å². The van der Waals surface area contributed by atoms with E-state index in [-0.39, 0.29) is 28.8 Å². The number of amides is 2. The third-order valence-electron chi connectivity index (χ3n) is 6.04. The molecule has 2 atom stereocenters. The van der Waals surface area contributed by atoms with E-state index in [1.165, 1.54) is 22.0 Å². The number of nitrogens with two attached hydrogens (primary N) is 1. The number of thioether (sulfide) groups is 1. The van der Waals surface area contributed by atoms with E-state index in [4.69, 9.17) is 17.0 Å². The summed E-state index contributed by atoms with van der Waals surface area (Å²) < 4.78 is 0.772. The molecule has 0 aliphatic carbocycles. The summed E-state index contributed by atoms with van der Waals surface area (Å²) in [6.07, 6.45) is 7.38. The second-order valence-electron chi connectivity index (χ2n) is 8.54. The fraction of sp³-hybridized carbons (Fsp3) is 0.476. The van der Waals surface area contributed by atoms with E-state index in [9.17, 15) is 19.5 Å². The first kappa shape index (κ1) is 24.1. The van der Waals surface area contributed by atoms with Crippen LogP contribution < -0.4 is 11.1 Å². The van der Waals surface area contributed by atoms with Gasteiger partial charge in [-0.25, -0.2) is 9.78 Å². The highest BCUT2D eigenvalue weighted by Crippen LogP contribution is 2.41. The van der Waals surface area contributed by atoms with E-state index in [0.717, 1.165) is 47.3 Å². The smallest absolute Gasteiger partial charge is 0.352 e. The van der Waals surface area contributed by atoms with Crippen molar-refractivity contribution in [1.29, 1.82) is 0 Å². The molecule has 13 heteroatoms. The first-order valence-corrected chi connectivity index (χ1v) is 12.6. The quantitative estimate of drug-likeness (QED) is 0.112. The Balaban J connectivity index is 1.52. The fourth-order valence-electron chi connectivity index (χ4n) is 4.47. The molecule has 4 heterocycles. The van der Waals surface area contributed by atoms with Crippen LogP contribution in [0.3, 0.4) is 0 Å². The number of carboxylic acid groups (broad SMARTS) is 1. The summed E-state index contributed by atoms with van der Waals surface area (Å²) >= 11 is 2.56. The van der Waals surface area contributed by atoms with Crippen LogP contribution in [0.4, 0.5) is 5.13 Å². The molecular formula is C21H25N6O5S2+. The van der Waals surface area contributed by atoms with E-state index in [1.54, 1.807) is 0 Å². The van der Waals surface area contributed by atoms with Crippen molar-refractivity contribution in [2.45, 2.75) is 24.3 Å². The first-order chi connectivity index (χ1) is 16.2. The standard InChI is InChI=1S/C21H24N6O5S2/c1-3-8-32-25-14(13-11-34-21(22)23-13)17(28)24-15-18(29)26-16(20(30)31)12(10-33-19(15)26)9-27(2)6-4-5-7-27/h1,11,15,19H,4-10H2,2H3,(H3-,22,23,24,28,30,31)/p+1/b25-14-/t15?,19-/m0/s1. The third-order valence-corrected chi connectivity index (χ3v) is 8.05. The lowest BCUT2D eigenvalue weighted by Crippen LogP contribution is -2.71. The second kappa shape index (κ2) is 9.65. The average molecular weight is 506 g/mol. The summed E-state index contributed by atoms with van der Waals surface area (Å²) in [6, 6.07) is -0.904. The lowest BCUT2D eigenvalue weighted by molar-refractivity contribution is -0.893. The van der Waals surface area contributed by atoms with Gasteiger partial charge in [0.15, 0.2) is 17.5 Å². The van der Waals surface area contributed by atoms with Gasteiger partial charge in [0.2, 0.25) is 0 Å². The first-order valence-electron chi connectivity index (χ1n) is 10.6. The number of fused-ring (bicyclic) bond motifs is 1. The molecule has 1 aromatic heterocycles. The van der Waals surface area contributed by atoms with E-state index >= 15 is 0 Å². The topological polar surface area (TPSA) is 147 Å². The summed E-state index contributed by atoms with van der Waals surface area (Å²) in [6.45, 7) is 2.42. The van der Waals surface area contributed by atoms with Gasteiger partial charge in [-0.3, -0.25) is 14.5 Å². The summed E-state index contributed by atoms with van der Waals surface area (Å²) in [4.78, 5) is 48.4. The molecule has 4 rings (SSSR count). The predicted octanol–water partition coefficient (Wildman–Crippen LogP) is 0.0582. The molecule has 0 bridgehead atoms. The maximum Gasteiger partial charge on any atom is 0.352 e. The van der Waals surface area contributed by atoms with Crippen LogP contribution in [0.2, 0.25) is 0 Å². The van der Waals surface area contributed by atoms with Crippen molar-refractivity contribution in [2.24, 2.45) is 5.16 Å². The Morgan fingerprint density at radius 3 is 2.82 bits per heavy atom. The summed E-state index contributed by atoms with van der Waals surface area (Å²) in [5.74, 6) is 0.417. The zero-order valence-corrected chi connectivity index (χ0v) is 20.2. The van der Waals surface area contributed by atoms with Crippen molar-refractivity contribution in [3.05, 3.63) is 22.3 Å². The van der Waals surface area contributed by atoms with Gasteiger partial charge in [-0.05, 0) is 0 Å². The van der Waals surface area contributed by atoms with Gasteiger partial charge in [-0.15, -0.1) is 29.5 Å². The SMILES string of the molecule is C#CCO/N=C(\C(=O)NC1C(=O)N2C(C(=O)O)=C(C[N+]3(C)CCCC3)CS[C@@H]12)c1csc(N)n1. The van der Waals surface area contributed by atoms with Crippen LogP contribution in [-0.2, 0) is 19.2 Å². The number of hydrogen-bond acceptors (Lipinski definition) is 9. The lowest BCUT2D eigenvalue weighted by Gasteiger charge is -2.49. The molecule has 1 aromatic rings. The molecule has 0 spiro atoms. The Hall–Kier alpha value is -3.08. The van der Waals surface area contributed by atoms with Gasteiger partial charge < -0.3 is 25.5 Å². The van der Waals surface area contributed by atoms with E-state index in [0.29, 0.717) is 12.3 Å². The summed E-state index contributed by atoms with van der Waals surface area (Å²) in [7, 11) is 2.12. The Kier molecular flexibility index (Phi) is 6.83. The molecule has 1 unspecified atom stereocenters.